The average Bonchev–Trinajstić information content (AvgIpc) is 2.76. The van der Waals surface area contributed by atoms with E-state index in [0.29, 0.717) is 19.6 Å². The van der Waals surface area contributed by atoms with Gasteiger partial charge in [-0.25, -0.2) is 17.7 Å². The van der Waals surface area contributed by atoms with Crippen molar-refractivity contribution in [1.82, 2.24) is 19.1 Å². The van der Waals surface area contributed by atoms with Gasteiger partial charge in [0.2, 0.25) is 10.0 Å². The summed E-state index contributed by atoms with van der Waals surface area (Å²) in [4.78, 5) is 3.83. The van der Waals surface area contributed by atoms with Crippen LogP contribution in [0.25, 0.3) is 0 Å². The number of hydrogen-bond acceptors (Lipinski definition) is 5. The number of nitriles is 1. The Hall–Kier alpha value is -1.46. The molecule has 1 aliphatic heterocycles. The molecule has 0 radical (unpaired) electrons. The molecule has 2 rings (SSSR count). The molecule has 0 aliphatic carbocycles. The van der Waals surface area contributed by atoms with Crippen LogP contribution >= 0.6 is 0 Å². The van der Waals surface area contributed by atoms with E-state index in [4.69, 9.17) is 5.26 Å². The second-order valence-electron chi connectivity index (χ2n) is 4.53. The van der Waals surface area contributed by atoms with E-state index >= 15 is 0 Å². The van der Waals surface area contributed by atoms with E-state index in [1.165, 1.54) is 16.9 Å². The van der Waals surface area contributed by atoms with Gasteiger partial charge in [-0.05, 0) is 18.8 Å². The first kappa shape index (κ1) is 13.0. The Morgan fingerprint density at radius 2 is 2.39 bits per heavy atom. The highest BCUT2D eigenvalue weighted by atomic mass is 32.2. The number of aromatic nitrogens is 3. The standard InChI is InChI=1S/C10H15N5O2S/c1-18(16,17)15-4-2-3-9(7-15)6-14-8-12-10(5-11)13-14/h8-9H,2-4,6-7H2,1H3. The molecule has 0 saturated carbocycles. The molecule has 1 fully saturated rings. The van der Waals surface area contributed by atoms with Gasteiger partial charge in [0.1, 0.15) is 12.4 Å². The maximum atomic E-state index is 11.5. The van der Waals surface area contributed by atoms with Crippen molar-refractivity contribution in [3.63, 3.8) is 0 Å². The zero-order valence-electron chi connectivity index (χ0n) is 10.2. The van der Waals surface area contributed by atoms with E-state index in [1.807, 2.05) is 6.07 Å². The van der Waals surface area contributed by atoms with Gasteiger partial charge in [0.25, 0.3) is 5.82 Å². The molecule has 0 aromatic carbocycles. The summed E-state index contributed by atoms with van der Waals surface area (Å²) in [6, 6.07) is 1.87. The first-order valence-corrected chi connectivity index (χ1v) is 7.58. The molecule has 1 saturated heterocycles. The van der Waals surface area contributed by atoms with E-state index < -0.39 is 10.0 Å². The lowest BCUT2D eigenvalue weighted by molar-refractivity contribution is 0.240. The van der Waals surface area contributed by atoms with Crippen molar-refractivity contribution in [1.29, 1.82) is 5.26 Å². The number of sulfonamides is 1. The molecule has 2 heterocycles. The number of rotatable bonds is 3. The summed E-state index contributed by atoms with van der Waals surface area (Å²) in [6.45, 7) is 1.71. The average molecular weight is 269 g/mol. The fraction of sp³-hybridized carbons (Fsp3) is 0.700. The maximum Gasteiger partial charge on any atom is 0.252 e. The van der Waals surface area contributed by atoms with Crippen LogP contribution in [-0.4, -0.2) is 46.8 Å². The number of nitrogens with zero attached hydrogens (tertiary/aromatic N) is 5. The maximum absolute atomic E-state index is 11.5. The van der Waals surface area contributed by atoms with Gasteiger partial charge >= 0.3 is 0 Å². The third-order valence-corrected chi connectivity index (χ3v) is 4.30. The van der Waals surface area contributed by atoms with Crippen molar-refractivity contribution in [2.45, 2.75) is 19.4 Å². The van der Waals surface area contributed by atoms with Gasteiger partial charge in [-0.1, -0.05) is 0 Å². The normalized spacial score (nSPS) is 21.7. The van der Waals surface area contributed by atoms with Crippen LogP contribution in [0.5, 0.6) is 0 Å². The predicted molar refractivity (Wildman–Crippen MR) is 63.9 cm³/mol. The minimum Gasteiger partial charge on any atom is -0.251 e. The molecule has 0 amide bonds. The van der Waals surface area contributed by atoms with E-state index in [1.54, 1.807) is 4.68 Å². The highest BCUT2D eigenvalue weighted by Crippen LogP contribution is 2.19. The van der Waals surface area contributed by atoms with Gasteiger partial charge in [-0.15, -0.1) is 5.10 Å². The van der Waals surface area contributed by atoms with Crippen LogP contribution in [0.1, 0.15) is 18.7 Å². The van der Waals surface area contributed by atoms with Gasteiger partial charge in [-0.2, -0.15) is 5.26 Å². The third kappa shape index (κ3) is 3.05. The molecule has 0 bridgehead atoms. The van der Waals surface area contributed by atoms with Crippen LogP contribution in [0.3, 0.4) is 0 Å². The Labute approximate surface area is 106 Å². The van der Waals surface area contributed by atoms with Crippen molar-refractivity contribution in [2.75, 3.05) is 19.3 Å². The molecule has 98 valence electrons. The van der Waals surface area contributed by atoms with Crippen LogP contribution in [-0.2, 0) is 16.6 Å². The molecule has 8 heteroatoms. The molecule has 7 nitrogen and oxygen atoms in total. The lowest BCUT2D eigenvalue weighted by atomic mass is 10.00. The van der Waals surface area contributed by atoms with Crippen molar-refractivity contribution < 1.29 is 8.42 Å². The molecule has 0 N–H and O–H groups in total. The van der Waals surface area contributed by atoms with Crippen molar-refractivity contribution >= 4 is 10.0 Å². The molecule has 1 atom stereocenters. The summed E-state index contributed by atoms with van der Waals surface area (Å²) in [6.07, 6.45) is 4.57. The Morgan fingerprint density at radius 3 is 3.00 bits per heavy atom. The van der Waals surface area contributed by atoms with Gasteiger partial charge in [0.05, 0.1) is 6.26 Å². The van der Waals surface area contributed by atoms with E-state index in [2.05, 4.69) is 10.1 Å². The quantitative estimate of drug-likeness (QED) is 0.759. The molecule has 1 unspecified atom stereocenters. The molecule has 1 aromatic heterocycles. The predicted octanol–water partition coefficient (Wildman–Crippen LogP) is -0.179. The topological polar surface area (TPSA) is 91.9 Å². The lowest BCUT2D eigenvalue weighted by Gasteiger charge is -2.30. The SMILES string of the molecule is CS(=O)(=O)N1CCCC(Cn2cnc(C#N)n2)C1. The molecular weight excluding hydrogens is 254 g/mol. The molecular formula is C10H15N5O2S. The highest BCUT2D eigenvalue weighted by Gasteiger charge is 2.26. The Bertz CT molecular complexity index is 559. The fourth-order valence-electron chi connectivity index (χ4n) is 2.18. The summed E-state index contributed by atoms with van der Waals surface area (Å²) in [7, 11) is -3.11. The highest BCUT2D eigenvalue weighted by molar-refractivity contribution is 7.88. The smallest absolute Gasteiger partial charge is 0.251 e. The van der Waals surface area contributed by atoms with E-state index in [9.17, 15) is 8.42 Å². The summed E-state index contributed by atoms with van der Waals surface area (Å²) in [5.74, 6) is 0.368. The first-order valence-electron chi connectivity index (χ1n) is 5.73. The Morgan fingerprint density at radius 1 is 1.61 bits per heavy atom. The van der Waals surface area contributed by atoms with Crippen LogP contribution in [0.15, 0.2) is 6.33 Å². The van der Waals surface area contributed by atoms with Gasteiger partial charge in [-0.3, -0.25) is 4.68 Å². The van der Waals surface area contributed by atoms with Crippen LogP contribution in [0.4, 0.5) is 0 Å². The second kappa shape index (κ2) is 5.04. The molecule has 0 spiro atoms. The molecule has 1 aliphatic rings. The number of piperidine rings is 1. The lowest BCUT2D eigenvalue weighted by Crippen LogP contribution is -2.40. The van der Waals surface area contributed by atoms with Crippen LogP contribution in [0, 0.1) is 17.2 Å². The van der Waals surface area contributed by atoms with Gasteiger partial charge in [0, 0.05) is 19.6 Å². The third-order valence-electron chi connectivity index (χ3n) is 3.03. The van der Waals surface area contributed by atoms with E-state index in [0.717, 1.165) is 12.8 Å². The molecule has 1 aromatic rings. The van der Waals surface area contributed by atoms with Crippen molar-refractivity contribution in [3.8, 4) is 6.07 Å². The summed E-state index contributed by atoms with van der Waals surface area (Å²) in [5, 5.41) is 12.6. The monoisotopic (exact) mass is 269 g/mol. The van der Waals surface area contributed by atoms with E-state index in [-0.39, 0.29) is 11.7 Å². The van der Waals surface area contributed by atoms with Gasteiger partial charge in [0.15, 0.2) is 0 Å². The van der Waals surface area contributed by atoms with Crippen LogP contribution < -0.4 is 0 Å². The summed E-state index contributed by atoms with van der Waals surface area (Å²) in [5.41, 5.74) is 0. The Balaban J connectivity index is 2.00. The zero-order chi connectivity index (χ0) is 13.2. The van der Waals surface area contributed by atoms with Gasteiger partial charge < -0.3 is 0 Å². The first-order chi connectivity index (χ1) is 8.49. The minimum absolute atomic E-state index is 0.144. The molecule has 18 heavy (non-hydrogen) atoms. The largest absolute Gasteiger partial charge is 0.252 e. The van der Waals surface area contributed by atoms with Crippen molar-refractivity contribution in [3.05, 3.63) is 12.2 Å². The van der Waals surface area contributed by atoms with Crippen LogP contribution in [0.2, 0.25) is 0 Å². The number of hydrogen-bond donors (Lipinski definition) is 0. The van der Waals surface area contributed by atoms with Crippen molar-refractivity contribution in [2.24, 2.45) is 5.92 Å². The minimum atomic E-state index is -3.11. The second-order valence-corrected chi connectivity index (χ2v) is 6.51. The fourth-order valence-corrected chi connectivity index (χ4v) is 3.12. The Kier molecular flexibility index (Phi) is 3.63. The summed E-state index contributed by atoms with van der Waals surface area (Å²) >= 11 is 0. The zero-order valence-corrected chi connectivity index (χ0v) is 11.0. The summed E-state index contributed by atoms with van der Waals surface area (Å²) < 4.78 is 26.1.